The van der Waals surface area contributed by atoms with Crippen LogP contribution >= 0.6 is 11.8 Å². The van der Waals surface area contributed by atoms with Gasteiger partial charge in [0, 0.05) is 5.25 Å². The highest BCUT2D eigenvalue weighted by molar-refractivity contribution is 8.19. The number of fused-ring (bicyclic) bond motifs is 1. The van der Waals surface area contributed by atoms with Crippen molar-refractivity contribution in [2.24, 2.45) is 5.92 Å². The summed E-state index contributed by atoms with van der Waals surface area (Å²) < 4.78 is 25.7. The van der Waals surface area contributed by atoms with Crippen LogP contribution in [0, 0.1) is 5.92 Å². The summed E-state index contributed by atoms with van der Waals surface area (Å²) in [5.41, 5.74) is 0. The second-order valence-corrected chi connectivity index (χ2v) is 8.41. The molecule has 0 aliphatic carbocycles. The van der Waals surface area contributed by atoms with Crippen molar-refractivity contribution in [3.05, 3.63) is 40.6 Å². The maximum atomic E-state index is 12.6. The van der Waals surface area contributed by atoms with Crippen molar-refractivity contribution < 1.29 is 8.42 Å². The van der Waals surface area contributed by atoms with Crippen LogP contribution in [0.4, 0.5) is 0 Å². The van der Waals surface area contributed by atoms with Crippen LogP contribution in [-0.2, 0) is 9.84 Å². The zero-order valence-corrected chi connectivity index (χ0v) is 12.2. The second kappa shape index (κ2) is 5.31. The number of rotatable bonds is 2. The molecule has 102 valence electrons. The Balaban J connectivity index is 1.89. The topological polar surface area (TPSA) is 46.2 Å². The third-order valence-electron chi connectivity index (χ3n) is 3.67. The monoisotopic (exact) mass is 295 g/mol. The molecule has 0 saturated carbocycles. The summed E-state index contributed by atoms with van der Waals surface area (Å²) in [6, 6.07) is 8.73. The largest absolute Gasteiger partial charge is 0.317 e. The lowest BCUT2D eigenvalue weighted by molar-refractivity contribution is 0.595. The van der Waals surface area contributed by atoms with Crippen LogP contribution in [0.2, 0.25) is 0 Å². The Kier molecular flexibility index (Phi) is 3.69. The number of thioether (sulfide) groups is 1. The molecule has 1 aromatic carbocycles. The second-order valence-electron chi connectivity index (χ2n) is 4.95. The van der Waals surface area contributed by atoms with Crippen molar-refractivity contribution in [2.45, 2.75) is 23.0 Å². The average molecular weight is 295 g/mol. The lowest BCUT2D eigenvalue weighted by atomic mass is 10.0. The van der Waals surface area contributed by atoms with E-state index in [1.807, 2.05) is 12.1 Å². The highest BCUT2D eigenvalue weighted by atomic mass is 32.3. The highest BCUT2D eigenvalue weighted by Crippen LogP contribution is 2.44. The zero-order chi connectivity index (χ0) is 13.3. The fourth-order valence-electron chi connectivity index (χ4n) is 2.61. The minimum Gasteiger partial charge on any atom is -0.317 e. The molecule has 3 rings (SSSR count). The van der Waals surface area contributed by atoms with E-state index < -0.39 is 9.84 Å². The Labute approximate surface area is 118 Å². The minimum atomic E-state index is -3.31. The lowest BCUT2D eigenvalue weighted by Gasteiger charge is -2.13. The van der Waals surface area contributed by atoms with Crippen LogP contribution in [0.15, 0.2) is 45.5 Å². The first kappa shape index (κ1) is 13.2. The van der Waals surface area contributed by atoms with Gasteiger partial charge in [-0.15, -0.1) is 11.8 Å². The maximum Gasteiger partial charge on any atom is 0.212 e. The molecular weight excluding hydrogens is 278 g/mol. The first-order valence-electron chi connectivity index (χ1n) is 6.57. The molecule has 2 heterocycles. The molecule has 2 unspecified atom stereocenters. The van der Waals surface area contributed by atoms with Gasteiger partial charge in [-0.2, -0.15) is 0 Å². The summed E-state index contributed by atoms with van der Waals surface area (Å²) in [6.45, 7) is 1.97. The Morgan fingerprint density at radius 3 is 2.63 bits per heavy atom. The summed E-state index contributed by atoms with van der Waals surface area (Å²) in [7, 11) is -3.31. The maximum absolute atomic E-state index is 12.6. The van der Waals surface area contributed by atoms with Gasteiger partial charge in [0.2, 0.25) is 9.84 Å². The Bertz CT molecular complexity index is 581. The molecule has 3 nitrogen and oxygen atoms in total. The lowest BCUT2D eigenvalue weighted by Crippen LogP contribution is -2.14. The minimum absolute atomic E-state index is 0.397. The Morgan fingerprint density at radius 2 is 1.84 bits per heavy atom. The fourth-order valence-corrected chi connectivity index (χ4v) is 6.05. The molecule has 0 spiro atoms. The van der Waals surface area contributed by atoms with Crippen LogP contribution in [-0.4, -0.2) is 26.8 Å². The Morgan fingerprint density at radius 1 is 1.11 bits per heavy atom. The van der Waals surface area contributed by atoms with Gasteiger partial charge in [0.1, 0.15) is 4.24 Å². The summed E-state index contributed by atoms with van der Waals surface area (Å²) in [4.78, 5) is 0.406. The van der Waals surface area contributed by atoms with E-state index in [0.29, 0.717) is 20.3 Å². The number of allylic oxidation sites excluding steroid dienone is 1. The molecule has 2 aliphatic rings. The quantitative estimate of drug-likeness (QED) is 0.910. The smallest absolute Gasteiger partial charge is 0.212 e. The summed E-state index contributed by atoms with van der Waals surface area (Å²) in [6.07, 6.45) is 4.05. The molecule has 5 heteroatoms. The highest BCUT2D eigenvalue weighted by Gasteiger charge is 2.35. The van der Waals surface area contributed by atoms with Crippen molar-refractivity contribution in [1.29, 1.82) is 0 Å². The fraction of sp³-hybridized carbons (Fsp3) is 0.429. The number of benzene rings is 1. The predicted octanol–water partition coefficient (Wildman–Crippen LogP) is 2.42. The van der Waals surface area contributed by atoms with Crippen molar-refractivity contribution in [3.63, 3.8) is 0 Å². The number of hydrogen-bond acceptors (Lipinski definition) is 4. The van der Waals surface area contributed by atoms with Gasteiger partial charge in [-0.1, -0.05) is 24.3 Å². The zero-order valence-electron chi connectivity index (χ0n) is 10.6. The van der Waals surface area contributed by atoms with Gasteiger partial charge in [-0.3, -0.25) is 0 Å². The summed E-state index contributed by atoms with van der Waals surface area (Å²) in [5.74, 6) is 0.397. The van der Waals surface area contributed by atoms with E-state index in [0.717, 1.165) is 25.9 Å². The van der Waals surface area contributed by atoms with Gasteiger partial charge in [0.05, 0.1) is 4.90 Å². The standard InChI is InChI=1S/C14H17NO2S2/c16-19(17,12-4-2-1-3-5-12)14-10-11-6-8-15-9-7-13(11)18-14/h1-5,10-11,13,15H,6-9H2. The van der Waals surface area contributed by atoms with E-state index >= 15 is 0 Å². The first-order valence-corrected chi connectivity index (χ1v) is 8.93. The molecule has 2 aliphatic heterocycles. The third kappa shape index (κ3) is 2.59. The average Bonchev–Trinajstić information content (AvgIpc) is 2.72. The summed E-state index contributed by atoms with van der Waals surface area (Å²) >= 11 is 1.54. The molecule has 1 fully saturated rings. The number of hydrogen-bond donors (Lipinski definition) is 1. The molecule has 1 aromatic rings. The molecular formula is C14H17NO2S2. The van der Waals surface area contributed by atoms with Gasteiger partial charge >= 0.3 is 0 Å². The van der Waals surface area contributed by atoms with Crippen molar-refractivity contribution in [2.75, 3.05) is 13.1 Å². The van der Waals surface area contributed by atoms with Gasteiger partial charge in [0.25, 0.3) is 0 Å². The van der Waals surface area contributed by atoms with Gasteiger partial charge in [-0.25, -0.2) is 8.42 Å². The molecule has 0 radical (unpaired) electrons. The van der Waals surface area contributed by atoms with Crippen molar-refractivity contribution in [1.82, 2.24) is 5.32 Å². The molecule has 0 amide bonds. The normalized spacial score (nSPS) is 27.5. The SMILES string of the molecule is O=S(=O)(C1=CC2CCNCCC2S1)c1ccccc1. The van der Waals surface area contributed by atoms with E-state index in [2.05, 4.69) is 5.32 Å². The van der Waals surface area contributed by atoms with Crippen LogP contribution in [0.25, 0.3) is 0 Å². The number of sulfone groups is 1. The molecule has 19 heavy (non-hydrogen) atoms. The molecule has 1 N–H and O–H groups in total. The van der Waals surface area contributed by atoms with Gasteiger partial charge < -0.3 is 5.32 Å². The van der Waals surface area contributed by atoms with Crippen molar-refractivity contribution in [3.8, 4) is 0 Å². The van der Waals surface area contributed by atoms with Crippen LogP contribution in [0.5, 0.6) is 0 Å². The van der Waals surface area contributed by atoms with Crippen LogP contribution in [0.1, 0.15) is 12.8 Å². The molecule has 2 atom stereocenters. The first-order chi connectivity index (χ1) is 9.18. The number of nitrogens with one attached hydrogen (secondary N) is 1. The Hall–Kier alpha value is -0.780. The van der Waals surface area contributed by atoms with Gasteiger partial charge in [0.15, 0.2) is 0 Å². The van der Waals surface area contributed by atoms with Crippen LogP contribution < -0.4 is 5.32 Å². The van der Waals surface area contributed by atoms with E-state index in [4.69, 9.17) is 0 Å². The van der Waals surface area contributed by atoms with E-state index in [1.165, 1.54) is 0 Å². The summed E-state index contributed by atoms with van der Waals surface area (Å²) in [5, 5.41) is 3.79. The van der Waals surface area contributed by atoms with Crippen molar-refractivity contribution >= 4 is 21.6 Å². The van der Waals surface area contributed by atoms with E-state index in [1.54, 1.807) is 36.0 Å². The van der Waals surface area contributed by atoms with Crippen LogP contribution in [0.3, 0.4) is 0 Å². The molecule has 0 bridgehead atoms. The van der Waals surface area contributed by atoms with E-state index in [-0.39, 0.29) is 0 Å². The molecule has 0 aromatic heterocycles. The van der Waals surface area contributed by atoms with E-state index in [9.17, 15) is 8.42 Å². The predicted molar refractivity (Wildman–Crippen MR) is 78.7 cm³/mol. The van der Waals surface area contributed by atoms with Gasteiger partial charge in [-0.05, 0) is 44.0 Å². The third-order valence-corrected chi connectivity index (χ3v) is 7.44. The molecule has 1 saturated heterocycles.